The summed E-state index contributed by atoms with van der Waals surface area (Å²) in [6, 6.07) is 10.6. The number of hydrogen-bond donors (Lipinski definition) is 1. The average Bonchev–Trinajstić information content (AvgIpc) is 2.55. The Bertz CT molecular complexity index is 752. The van der Waals surface area contributed by atoms with Crippen molar-refractivity contribution in [3.8, 4) is 11.5 Å². The van der Waals surface area contributed by atoms with Crippen LogP contribution < -0.4 is 14.9 Å². The lowest BCUT2D eigenvalue weighted by molar-refractivity contribution is -0.123. The second-order valence-corrected chi connectivity index (χ2v) is 6.76. The SMILES string of the molecule is COc1cc(Br)cc(Br)c1OCC(=O)NN=Cc1ccc(Cl)cc1. The van der Waals surface area contributed by atoms with Gasteiger partial charge in [-0.2, -0.15) is 5.10 Å². The smallest absolute Gasteiger partial charge is 0.277 e. The summed E-state index contributed by atoms with van der Waals surface area (Å²) >= 11 is 12.5. The van der Waals surface area contributed by atoms with Crippen LogP contribution in [0.1, 0.15) is 5.56 Å². The van der Waals surface area contributed by atoms with Crippen LogP contribution in [0.15, 0.2) is 50.4 Å². The molecule has 8 heteroatoms. The predicted molar refractivity (Wildman–Crippen MR) is 101 cm³/mol. The van der Waals surface area contributed by atoms with E-state index in [1.54, 1.807) is 36.4 Å². The van der Waals surface area contributed by atoms with Gasteiger partial charge in [0.05, 0.1) is 17.8 Å². The Kier molecular flexibility index (Phi) is 7.08. The van der Waals surface area contributed by atoms with Gasteiger partial charge in [0.1, 0.15) is 0 Å². The van der Waals surface area contributed by atoms with Gasteiger partial charge in [0.2, 0.25) is 0 Å². The fraction of sp³-hybridized carbons (Fsp3) is 0.125. The van der Waals surface area contributed by atoms with Gasteiger partial charge in [0.25, 0.3) is 5.91 Å². The third-order valence-corrected chi connectivity index (χ3v) is 4.11. The van der Waals surface area contributed by atoms with Gasteiger partial charge in [-0.25, -0.2) is 5.43 Å². The maximum absolute atomic E-state index is 11.8. The molecule has 0 heterocycles. The van der Waals surface area contributed by atoms with E-state index in [1.165, 1.54) is 13.3 Å². The molecule has 126 valence electrons. The molecular formula is C16H13Br2ClN2O3. The molecule has 24 heavy (non-hydrogen) atoms. The van der Waals surface area contributed by atoms with E-state index in [0.717, 1.165) is 10.0 Å². The van der Waals surface area contributed by atoms with E-state index in [9.17, 15) is 4.79 Å². The predicted octanol–water partition coefficient (Wildman–Crippen LogP) is 4.40. The van der Waals surface area contributed by atoms with Crippen molar-refractivity contribution < 1.29 is 14.3 Å². The molecule has 0 fully saturated rings. The number of nitrogens with zero attached hydrogens (tertiary/aromatic N) is 1. The normalized spacial score (nSPS) is 10.7. The van der Waals surface area contributed by atoms with Crippen molar-refractivity contribution in [2.24, 2.45) is 5.10 Å². The van der Waals surface area contributed by atoms with Crippen molar-refractivity contribution in [2.45, 2.75) is 0 Å². The minimum atomic E-state index is -0.392. The lowest BCUT2D eigenvalue weighted by atomic mass is 10.2. The van der Waals surface area contributed by atoms with E-state index < -0.39 is 5.91 Å². The molecule has 0 aliphatic heterocycles. The van der Waals surface area contributed by atoms with Crippen molar-refractivity contribution in [2.75, 3.05) is 13.7 Å². The highest BCUT2D eigenvalue weighted by molar-refractivity contribution is 9.11. The molecule has 0 aliphatic carbocycles. The second kappa shape index (κ2) is 9.05. The highest BCUT2D eigenvalue weighted by Gasteiger charge is 2.12. The zero-order valence-electron chi connectivity index (χ0n) is 12.6. The molecule has 0 radical (unpaired) electrons. The minimum absolute atomic E-state index is 0.200. The lowest BCUT2D eigenvalue weighted by Crippen LogP contribution is -2.24. The highest BCUT2D eigenvalue weighted by Crippen LogP contribution is 2.38. The molecule has 0 aromatic heterocycles. The molecule has 0 atom stereocenters. The molecule has 2 rings (SSSR count). The number of hydrogen-bond acceptors (Lipinski definition) is 4. The number of nitrogens with one attached hydrogen (secondary N) is 1. The number of methoxy groups -OCH3 is 1. The molecule has 2 aromatic rings. The van der Waals surface area contributed by atoms with Crippen LogP contribution >= 0.6 is 43.5 Å². The van der Waals surface area contributed by atoms with Crippen LogP contribution in [-0.4, -0.2) is 25.8 Å². The first-order valence-electron chi connectivity index (χ1n) is 6.73. The number of benzene rings is 2. The van der Waals surface area contributed by atoms with Crippen LogP contribution in [0.5, 0.6) is 11.5 Å². The standard InChI is InChI=1S/C16H13Br2ClN2O3/c1-23-14-7-11(17)6-13(18)16(14)24-9-15(22)21-20-8-10-2-4-12(19)5-3-10/h2-8H,9H2,1H3,(H,21,22). The maximum atomic E-state index is 11.8. The summed E-state index contributed by atoms with van der Waals surface area (Å²) in [6.45, 7) is -0.200. The number of ether oxygens (including phenoxy) is 2. The minimum Gasteiger partial charge on any atom is -0.493 e. The van der Waals surface area contributed by atoms with Gasteiger partial charge in [-0.3, -0.25) is 4.79 Å². The second-order valence-electron chi connectivity index (χ2n) is 4.55. The molecule has 5 nitrogen and oxygen atoms in total. The van der Waals surface area contributed by atoms with Crippen molar-refractivity contribution >= 4 is 55.6 Å². The highest BCUT2D eigenvalue weighted by atomic mass is 79.9. The largest absolute Gasteiger partial charge is 0.493 e. The number of carbonyl (C=O) groups excluding carboxylic acids is 1. The first-order chi connectivity index (χ1) is 11.5. The molecule has 1 N–H and O–H groups in total. The Morgan fingerprint density at radius 1 is 1.29 bits per heavy atom. The van der Waals surface area contributed by atoms with Crippen LogP contribution in [0.25, 0.3) is 0 Å². The summed E-state index contributed by atoms with van der Waals surface area (Å²) in [5.41, 5.74) is 3.21. The Morgan fingerprint density at radius 2 is 2.00 bits per heavy atom. The number of carbonyl (C=O) groups is 1. The fourth-order valence-corrected chi connectivity index (χ4v) is 3.15. The van der Waals surface area contributed by atoms with Gasteiger partial charge in [0, 0.05) is 9.50 Å². The van der Waals surface area contributed by atoms with Crippen LogP contribution in [0, 0.1) is 0 Å². The zero-order valence-corrected chi connectivity index (χ0v) is 16.5. The van der Waals surface area contributed by atoms with Crippen LogP contribution in [0.2, 0.25) is 5.02 Å². The molecule has 0 saturated heterocycles. The first-order valence-corrected chi connectivity index (χ1v) is 8.69. The zero-order chi connectivity index (χ0) is 17.5. The maximum Gasteiger partial charge on any atom is 0.277 e. The molecule has 0 bridgehead atoms. The van der Waals surface area contributed by atoms with Gasteiger partial charge in [-0.15, -0.1) is 0 Å². The Balaban J connectivity index is 1.91. The number of rotatable bonds is 6. The van der Waals surface area contributed by atoms with E-state index >= 15 is 0 Å². The van der Waals surface area contributed by atoms with Crippen molar-refractivity contribution in [1.82, 2.24) is 5.43 Å². The Morgan fingerprint density at radius 3 is 2.67 bits per heavy atom. The summed E-state index contributed by atoms with van der Waals surface area (Å²) < 4.78 is 12.2. The molecule has 2 aromatic carbocycles. The Labute approximate surface area is 161 Å². The summed E-state index contributed by atoms with van der Waals surface area (Å²) in [4.78, 5) is 11.8. The third kappa shape index (κ3) is 5.51. The summed E-state index contributed by atoms with van der Waals surface area (Å²) in [7, 11) is 1.53. The number of halogens is 3. The summed E-state index contributed by atoms with van der Waals surface area (Å²) in [5.74, 6) is 0.559. The topological polar surface area (TPSA) is 59.9 Å². The van der Waals surface area contributed by atoms with Crippen LogP contribution in [0.4, 0.5) is 0 Å². The van der Waals surface area contributed by atoms with Gasteiger partial charge in [0.15, 0.2) is 18.1 Å². The van der Waals surface area contributed by atoms with Crippen LogP contribution in [0.3, 0.4) is 0 Å². The van der Waals surface area contributed by atoms with E-state index in [0.29, 0.717) is 21.0 Å². The monoisotopic (exact) mass is 474 g/mol. The van der Waals surface area contributed by atoms with Gasteiger partial charge in [-0.1, -0.05) is 39.7 Å². The molecular weight excluding hydrogens is 463 g/mol. The molecule has 1 amide bonds. The molecule has 0 saturated carbocycles. The Hall–Kier alpha value is -1.57. The van der Waals surface area contributed by atoms with Crippen LogP contribution in [-0.2, 0) is 4.79 Å². The van der Waals surface area contributed by atoms with Gasteiger partial charge < -0.3 is 9.47 Å². The van der Waals surface area contributed by atoms with E-state index in [1.807, 2.05) is 0 Å². The molecule has 0 aliphatic rings. The van der Waals surface area contributed by atoms with Gasteiger partial charge in [-0.05, 0) is 45.8 Å². The number of hydrazone groups is 1. The lowest BCUT2D eigenvalue weighted by Gasteiger charge is -2.12. The van der Waals surface area contributed by atoms with E-state index in [-0.39, 0.29) is 6.61 Å². The average molecular weight is 477 g/mol. The van der Waals surface area contributed by atoms with E-state index in [4.69, 9.17) is 21.1 Å². The van der Waals surface area contributed by atoms with Crippen molar-refractivity contribution in [3.63, 3.8) is 0 Å². The van der Waals surface area contributed by atoms with E-state index in [2.05, 4.69) is 42.4 Å². The fourth-order valence-electron chi connectivity index (χ4n) is 1.73. The first kappa shape index (κ1) is 18.8. The summed E-state index contributed by atoms with van der Waals surface area (Å²) in [6.07, 6.45) is 1.52. The molecule has 0 spiro atoms. The van der Waals surface area contributed by atoms with Crippen molar-refractivity contribution in [3.05, 3.63) is 55.9 Å². The summed E-state index contributed by atoms with van der Waals surface area (Å²) in [5, 5.41) is 4.50. The third-order valence-electron chi connectivity index (χ3n) is 2.81. The molecule has 0 unspecified atom stereocenters. The van der Waals surface area contributed by atoms with Gasteiger partial charge >= 0.3 is 0 Å². The quantitative estimate of drug-likeness (QED) is 0.497. The van der Waals surface area contributed by atoms with Crippen molar-refractivity contribution in [1.29, 1.82) is 0 Å². The number of amides is 1.